The summed E-state index contributed by atoms with van der Waals surface area (Å²) < 4.78 is 3.13. The first kappa shape index (κ1) is 34.9. The van der Waals surface area contributed by atoms with Crippen LogP contribution in [0.2, 0.25) is 5.02 Å². The topological polar surface area (TPSA) is 247 Å². The minimum atomic E-state index is 0.466. The second-order valence-electron chi connectivity index (χ2n) is 11.4. The predicted molar refractivity (Wildman–Crippen MR) is 202 cm³/mol. The highest BCUT2D eigenvalue weighted by atomic mass is 35.5. The fraction of sp³-hybridized carbons (Fsp3) is 0.0286. The highest BCUT2D eigenvalue weighted by Gasteiger charge is 2.14. The van der Waals surface area contributed by atoms with Gasteiger partial charge in [0, 0.05) is 52.9 Å². The monoisotopic (exact) mass is 760 g/mol. The average Bonchev–Trinajstić information content (AvgIpc) is 4.11. The second-order valence-corrected chi connectivity index (χ2v) is 11.8. The van der Waals surface area contributed by atoms with Crippen LogP contribution in [0.4, 0.5) is 0 Å². The van der Waals surface area contributed by atoms with E-state index in [0.29, 0.717) is 33.8 Å². The van der Waals surface area contributed by atoms with Gasteiger partial charge in [-0.2, -0.15) is 14.9 Å². The molecule has 11 rings (SSSR count). The van der Waals surface area contributed by atoms with Crippen molar-refractivity contribution in [2.24, 2.45) is 0 Å². The zero-order chi connectivity index (χ0) is 38.1. The lowest BCUT2D eigenvalue weighted by Crippen LogP contribution is -2.01. The molecular weight excluding hydrogens is 736 g/mol. The van der Waals surface area contributed by atoms with Gasteiger partial charge in [0.2, 0.25) is 17.3 Å². The van der Waals surface area contributed by atoms with Crippen LogP contribution in [0.5, 0.6) is 0 Å². The molecule has 0 aliphatic rings. The van der Waals surface area contributed by atoms with Crippen molar-refractivity contribution in [1.29, 1.82) is 0 Å². The third kappa shape index (κ3) is 7.65. The van der Waals surface area contributed by atoms with E-state index >= 15 is 0 Å². The van der Waals surface area contributed by atoms with Crippen LogP contribution in [0, 0.1) is 6.92 Å². The Kier molecular flexibility index (Phi) is 10.1. The molecule has 0 spiro atoms. The van der Waals surface area contributed by atoms with Gasteiger partial charge in [0.25, 0.3) is 0 Å². The molecule has 11 aromatic rings. The number of halogens is 1. The highest BCUT2D eigenvalue weighted by molar-refractivity contribution is 6.34. The number of nitrogens with zero attached hydrogens (tertiary/aromatic N) is 18. The molecule has 9 heterocycles. The van der Waals surface area contributed by atoms with Crippen LogP contribution in [0.15, 0.2) is 122 Å². The van der Waals surface area contributed by atoms with E-state index in [9.17, 15) is 0 Å². The zero-order valence-corrected chi connectivity index (χ0v) is 29.7. The molecule has 2 aromatic carbocycles. The summed E-state index contributed by atoms with van der Waals surface area (Å²) >= 11 is 6.09. The van der Waals surface area contributed by atoms with Crippen molar-refractivity contribution < 1.29 is 0 Å². The number of aryl methyl sites for hydroxylation is 1. The van der Waals surface area contributed by atoms with Crippen molar-refractivity contribution in [3.05, 3.63) is 133 Å². The molecule has 0 amide bonds. The number of fused-ring (bicyclic) bond motifs is 4. The van der Waals surface area contributed by atoms with Crippen LogP contribution in [0.1, 0.15) is 5.69 Å². The van der Waals surface area contributed by atoms with Gasteiger partial charge in [-0.05, 0) is 98.2 Å². The van der Waals surface area contributed by atoms with Crippen molar-refractivity contribution >= 4 is 44.6 Å². The molecule has 0 saturated heterocycles. The van der Waals surface area contributed by atoms with Crippen molar-refractivity contribution in [3.8, 4) is 34.3 Å². The molecule has 20 nitrogen and oxygen atoms in total. The van der Waals surface area contributed by atoms with E-state index in [1.54, 1.807) is 35.5 Å². The molecule has 0 saturated carbocycles. The fourth-order valence-corrected chi connectivity index (χ4v) is 5.48. The van der Waals surface area contributed by atoms with E-state index < -0.39 is 0 Å². The molecule has 0 fully saturated rings. The predicted octanol–water partition coefficient (Wildman–Crippen LogP) is 4.50. The Hall–Kier alpha value is -8.13. The Morgan fingerprint density at radius 1 is 0.643 bits per heavy atom. The summed E-state index contributed by atoms with van der Waals surface area (Å²) in [4.78, 5) is 16.9. The number of nitrogens with one attached hydrogen (secondary N) is 2. The molecule has 21 heteroatoms. The van der Waals surface area contributed by atoms with Crippen LogP contribution in [0.25, 0.3) is 67.3 Å². The van der Waals surface area contributed by atoms with Crippen molar-refractivity contribution in [2.45, 2.75) is 6.92 Å². The minimum absolute atomic E-state index is 0.466. The Labute approximate surface area is 319 Å². The maximum Gasteiger partial charge on any atom is 0.223 e. The lowest BCUT2D eigenvalue weighted by molar-refractivity contribution is 0.814. The average molecular weight is 761 g/mol. The molecule has 0 aliphatic carbocycles. The van der Waals surface area contributed by atoms with Crippen LogP contribution < -0.4 is 0 Å². The number of H-pyrrole nitrogens is 2. The molecular formula is C35H25ClN20. The largest absolute Gasteiger partial charge is 0.265 e. The van der Waals surface area contributed by atoms with Crippen LogP contribution in [-0.2, 0) is 0 Å². The summed E-state index contributed by atoms with van der Waals surface area (Å²) in [5.41, 5.74) is 5.51. The second kappa shape index (κ2) is 16.3. The summed E-state index contributed by atoms with van der Waals surface area (Å²) in [5.74, 6) is 1.77. The van der Waals surface area contributed by atoms with Crippen molar-refractivity contribution in [1.82, 2.24) is 101 Å². The first-order valence-electron chi connectivity index (χ1n) is 16.6. The van der Waals surface area contributed by atoms with Gasteiger partial charge in [0.05, 0.1) is 11.2 Å². The molecule has 0 unspecified atom stereocenters. The number of aromatic nitrogens is 20. The molecule has 272 valence electrons. The Bertz CT molecular complexity index is 2930. The van der Waals surface area contributed by atoms with Gasteiger partial charge in [0.15, 0.2) is 11.5 Å². The number of aromatic amines is 2. The number of rotatable bonds is 3. The van der Waals surface area contributed by atoms with Crippen LogP contribution in [-0.4, -0.2) is 101 Å². The number of benzene rings is 2. The van der Waals surface area contributed by atoms with Gasteiger partial charge < -0.3 is 0 Å². The lowest BCUT2D eigenvalue weighted by atomic mass is 10.1. The number of hydrogen-bond acceptors (Lipinski definition) is 16. The lowest BCUT2D eigenvalue weighted by Gasteiger charge is -2.05. The maximum absolute atomic E-state index is 6.09. The zero-order valence-electron chi connectivity index (χ0n) is 29.0. The van der Waals surface area contributed by atoms with Gasteiger partial charge in [-0.15, -0.1) is 30.6 Å². The van der Waals surface area contributed by atoms with E-state index in [0.717, 1.165) is 44.1 Å². The molecule has 0 atom stereocenters. The number of tetrazole rings is 4. The van der Waals surface area contributed by atoms with Gasteiger partial charge in [0.1, 0.15) is 10.7 Å². The smallest absolute Gasteiger partial charge is 0.223 e. The first-order chi connectivity index (χ1) is 27.6. The fourth-order valence-electron chi connectivity index (χ4n) is 5.32. The first-order valence-corrected chi connectivity index (χ1v) is 16.9. The van der Waals surface area contributed by atoms with Gasteiger partial charge in [-0.3, -0.25) is 15.0 Å². The van der Waals surface area contributed by atoms with E-state index in [4.69, 9.17) is 11.6 Å². The van der Waals surface area contributed by atoms with E-state index in [1.807, 2.05) is 97.9 Å². The minimum Gasteiger partial charge on any atom is -0.265 e. The summed E-state index contributed by atoms with van der Waals surface area (Å²) in [6.07, 6.45) is 8.70. The molecule has 9 aromatic heterocycles. The quantitative estimate of drug-likeness (QED) is 0.252. The summed E-state index contributed by atoms with van der Waals surface area (Å²) in [6.45, 7) is 1.82. The standard InChI is InChI=1S/C10H7ClN6.2C10H7N5.C5H4N4/c1-6-8(11)10-14-15-16-17(10)9(13-6)7-2-4-12-5-3-7;1-2-7-6-8(10-12-14-15-13-10)3-4-9(7)11-5-1;1-2-4-8-7(3-1)5-6-11-9(8)10-12-14-15-13-10;1-2-4-9-5(3-1)6-7-8-9/h2-5H,1H3;2*1-6H,(H,12,13,14,15);1-4H. The van der Waals surface area contributed by atoms with Gasteiger partial charge >= 0.3 is 0 Å². The van der Waals surface area contributed by atoms with Crippen molar-refractivity contribution in [3.63, 3.8) is 0 Å². The third-order valence-electron chi connectivity index (χ3n) is 7.94. The molecule has 56 heavy (non-hydrogen) atoms. The SMILES string of the molecule is Cc1nc(-c2ccncc2)n2nnnc2c1Cl.c1ccc2c(-c3nn[nH]n3)nccc2c1.c1ccn2nnnc2c1.c1cnc2ccc(-c3nn[nH]n3)cc2c1. The summed E-state index contributed by atoms with van der Waals surface area (Å²) in [5, 5.41) is 53.5. The molecule has 2 N–H and O–H groups in total. The summed E-state index contributed by atoms with van der Waals surface area (Å²) in [6, 6.07) is 29.0. The van der Waals surface area contributed by atoms with Gasteiger partial charge in [-0.1, -0.05) is 48.0 Å². The Balaban J connectivity index is 0.000000107. The normalized spacial score (nSPS) is 10.7. The third-order valence-corrected chi connectivity index (χ3v) is 8.38. The maximum atomic E-state index is 6.09. The highest BCUT2D eigenvalue weighted by Crippen LogP contribution is 2.24. The van der Waals surface area contributed by atoms with Crippen molar-refractivity contribution in [2.75, 3.05) is 0 Å². The number of pyridine rings is 4. The van der Waals surface area contributed by atoms with E-state index in [2.05, 4.69) is 92.2 Å². The van der Waals surface area contributed by atoms with E-state index in [1.165, 1.54) is 4.52 Å². The van der Waals surface area contributed by atoms with Gasteiger partial charge in [-0.25, -0.2) is 9.50 Å². The van der Waals surface area contributed by atoms with Crippen LogP contribution in [0.3, 0.4) is 0 Å². The Morgan fingerprint density at radius 3 is 2.25 bits per heavy atom. The summed E-state index contributed by atoms with van der Waals surface area (Å²) in [7, 11) is 0. The molecule has 0 aliphatic heterocycles. The molecule has 0 bridgehead atoms. The number of hydrogen-bond donors (Lipinski definition) is 2. The molecule has 0 radical (unpaired) electrons. The van der Waals surface area contributed by atoms with Crippen LogP contribution >= 0.6 is 11.6 Å². The Morgan fingerprint density at radius 2 is 1.43 bits per heavy atom. The van der Waals surface area contributed by atoms with E-state index in [-0.39, 0.29) is 0 Å².